The Balaban J connectivity index is 1.33. The van der Waals surface area contributed by atoms with Crippen LogP contribution in [0.2, 0.25) is 0 Å². The average Bonchev–Trinajstić information content (AvgIpc) is 3.64. The molecule has 1 fully saturated rings. The van der Waals surface area contributed by atoms with Crippen molar-refractivity contribution in [2.75, 3.05) is 11.9 Å². The number of aromatic nitrogens is 6. The summed E-state index contributed by atoms with van der Waals surface area (Å²) in [4.78, 5) is 48.2. The number of fused-ring (bicyclic) bond motifs is 1. The number of likely N-dealkylation sites (tertiary alicyclic amines) is 1. The Bertz CT molecular complexity index is 1650. The normalized spacial score (nSPS) is 17.1. The zero-order chi connectivity index (χ0) is 30.2. The predicted molar refractivity (Wildman–Crippen MR) is 142 cm³/mol. The molecule has 15 heteroatoms. The fraction of sp³-hybridized carbons (Fsp3) is 0.370. The van der Waals surface area contributed by atoms with E-state index in [0.29, 0.717) is 16.7 Å². The van der Waals surface area contributed by atoms with Crippen LogP contribution >= 0.6 is 0 Å². The van der Waals surface area contributed by atoms with Gasteiger partial charge in [-0.3, -0.25) is 23.7 Å². The highest BCUT2D eigenvalue weighted by Gasteiger charge is 2.40. The minimum Gasteiger partial charge on any atom is -0.326 e. The predicted octanol–water partition coefficient (Wildman–Crippen LogP) is 3.73. The molecule has 0 saturated carbocycles. The molecule has 3 aromatic heterocycles. The summed E-state index contributed by atoms with van der Waals surface area (Å²) >= 11 is 0. The standard InChI is InChI=1S/C27H26F4N8O3/c1-15(40)25-20-9-17(18-11-32-16(2)33-12-18)3-4-21(20)39(36-25)14-24(41)38-13-19(28)10-22(38)26(42)34-23-5-7-37(35-23)8-6-27(29,30)31/h3-5,7,9,11-12,19,22H,6,8,10,13-14H2,1-2H3,(H,34,35,42)/t19-,22+/m1/s1. The summed E-state index contributed by atoms with van der Waals surface area (Å²) in [5.41, 5.74) is 2.11. The highest BCUT2D eigenvalue weighted by molar-refractivity contribution is 6.06. The third-order valence-corrected chi connectivity index (χ3v) is 6.87. The van der Waals surface area contributed by atoms with E-state index in [2.05, 4.69) is 25.5 Å². The van der Waals surface area contributed by atoms with Crippen molar-refractivity contribution in [3.63, 3.8) is 0 Å². The van der Waals surface area contributed by atoms with Gasteiger partial charge in [0.15, 0.2) is 11.6 Å². The zero-order valence-corrected chi connectivity index (χ0v) is 22.6. The summed E-state index contributed by atoms with van der Waals surface area (Å²) in [6, 6.07) is 5.39. The third kappa shape index (κ3) is 6.29. The molecule has 11 nitrogen and oxygen atoms in total. The lowest BCUT2D eigenvalue weighted by Gasteiger charge is -2.23. The molecule has 2 atom stereocenters. The average molecular weight is 587 g/mol. The van der Waals surface area contributed by atoms with Crippen molar-refractivity contribution in [3.8, 4) is 11.1 Å². The van der Waals surface area contributed by atoms with Crippen molar-refractivity contribution in [2.24, 2.45) is 0 Å². The number of halogens is 4. The maximum Gasteiger partial charge on any atom is 0.390 e. The van der Waals surface area contributed by atoms with Gasteiger partial charge in [0.25, 0.3) is 0 Å². The minimum atomic E-state index is -4.36. The van der Waals surface area contributed by atoms with Crippen LogP contribution in [0.25, 0.3) is 22.0 Å². The number of anilines is 1. The first-order valence-corrected chi connectivity index (χ1v) is 13.0. The SMILES string of the molecule is CC(=O)c1nn(CC(=O)N2C[C@H](F)C[C@H]2C(=O)Nc2ccn(CCC(F)(F)F)n2)c2ccc(-c3cnc(C)nc3)cc12. The molecule has 0 spiro atoms. The van der Waals surface area contributed by atoms with E-state index < -0.39 is 43.2 Å². The Morgan fingerprint density at radius 1 is 1.07 bits per heavy atom. The molecular weight excluding hydrogens is 560 g/mol. The number of benzene rings is 1. The van der Waals surface area contributed by atoms with Gasteiger partial charge in [0.2, 0.25) is 11.8 Å². The van der Waals surface area contributed by atoms with Crippen LogP contribution in [-0.4, -0.2) is 77.0 Å². The van der Waals surface area contributed by atoms with E-state index in [1.807, 2.05) is 0 Å². The molecule has 220 valence electrons. The molecule has 1 saturated heterocycles. The molecule has 1 aliphatic rings. The zero-order valence-electron chi connectivity index (χ0n) is 22.6. The van der Waals surface area contributed by atoms with Crippen LogP contribution < -0.4 is 5.32 Å². The number of hydrogen-bond acceptors (Lipinski definition) is 7. The van der Waals surface area contributed by atoms with Crippen molar-refractivity contribution >= 4 is 34.3 Å². The first-order chi connectivity index (χ1) is 19.9. The second-order valence-corrected chi connectivity index (χ2v) is 10.0. The van der Waals surface area contributed by atoms with Gasteiger partial charge in [0.1, 0.15) is 30.3 Å². The van der Waals surface area contributed by atoms with Crippen LogP contribution in [0.1, 0.15) is 36.1 Å². The molecule has 1 aromatic carbocycles. The summed E-state index contributed by atoms with van der Waals surface area (Å²) in [5.74, 6) is -1.04. The fourth-order valence-corrected chi connectivity index (χ4v) is 4.81. The number of hydrogen-bond donors (Lipinski definition) is 1. The highest BCUT2D eigenvalue weighted by atomic mass is 19.4. The van der Waals surface area contributed by atoms with Crippen molar-refractivity contribution < 1.29 is 31.9 Å². The number of carbonyl (C=O) groups is 3. The Hall–Kier alpha value is -4.69. The molecule has 1 N–H and O–H groups in total. The lowest BCUT2D eigenvalue weighted by atomic mass is 10.0. The Morgan fingerprint density at radius 2 is 1.81 bits per heavy atom. The van der Waals surface area contributed by atoms with Crippen LogP contribution in [0.15, 0.2) is 42.9 Å². The fourth-order valence-electron chi connectivity index (χ4n) is 4.81. The van der Waals surface area contributed by atoms with Gasteiger partial charge in [-0.05, 0) is 24.6 Å². The molecule has 4 heterocycles. The lowest BCUT2D eigenvalue weighted by Crippen LogP contribution is -2.44. The van der Waals surface area contributed by atoms with Gasteiger partial charge >= 0.3 is 6.18 Å². The van der Waals surface area contributed by atoms with Crippen LogP contribution in [0, 0.1) is 6.92 Å². The van der Waals surface area contributed by atoms with E-state index in [-0.39, 0.29) is 36.8 Å². The molecule has 42 heavy (non-hydrogen) atoms. The molecule has 2 amide bonds. The second-order valence-electron chi connectivity index (χ2n) is 10.0. The van der Waals surface area contributed by atoms with E-state index in [0.717, 1.165) is 20.7 Å². The molecule has 0 aliphatic carbocycles. The van der Waals surface area contributed by atoms with E-state index in [1.165, 1.54) is 23.9 Å². The first kappa shape index (κ1) is 28.8. The number of amides is 2. The lowest BCUT2D eigenvalue weighted by molar-refractivity contribution is -0.137. The molecular formula is C27H26F4N8O3. The summed E-state index contributed by atoms with van der Waals surface area (Å²) < 4.78 is 54.3. The van der Waals surface area contributed by atoms with Crippen LogP contribution in [0.4, 0.5) is 23.4 Å². The number of alkyl halides is 4. The summed E-state index contributed by atoms with van der Waals surface area (Å²) in [6.07, 6.45) is -2.58. The maximum atomic E-state index is 14.5. The van der Waals surface area contributed by atoms with Crippen LogP contribution in [-0.2, 0) is 22.7 Å². The van der Waals surface area contributed by atoms with E-state index >= 15 is 0 Å². The third-order valence-electron chi connectivity index (χ3n) is 6.87. The van der Waals surface area contributed by atoms with Crippen LogP contribution in [0.5, 0.6) is 0 Å². The Labute approximate surface area is 236 Å². The number of nitrogens with zero attached hydrogens (tertiary/aromatic N) is 7. The van der Waals surface area contributed by atoms with Gasteiger partial charge in [-0.25, -0.2) is 14.4 Å². The van der Waals surface area contributed by atoms with E-state index in [9.17, 15) is 31.9 Å². The number of aryl methyl sites for hydroxylation is 2. The molecule has 1 aliphatic heterocycles. The van der Waals surface area contributed by atoms with Gasteiger partial charge < -0.3 is 10.2 Å². The van der Waals surface area contributed by atoms with E-state index in [1.54, 1.807) is 37.5 Å². The number of nitrogens with one attached hydrogen (secondary N) is 1. The maximum absolute atomic E-state index is 14.5. The second kappa shape index (κ2) is 11.3. The quantitative estimate of drug-likeness (QED) is 0.246. The van der Waals surface area contributed by atoms with Crippen molar-refractivity contribution in [1.82, 2.24) is 34.4 Å². The number of carbonyl (C=O) groups excluding carboxylic acids is 3. The summed E-state index contributed by atoms with van der Waals surface area (Å²) in [7, 11) is 0. The number of Topliss-reactive ketones (excluding diaryl/α,β-unsaturated/α-hetero) is 1. The molecule has 5 rings (SSSR count). The smallest absolute Gasteiger partial charge is 0.326 e. The summed E-state index contributed by atoms with van der Waals surface area (Å²) in [5, 5.41) is 11.2. The van der Waals surface area contributed by atoms with Crippen LogP contribution in [0.3, 0.4) is 0 Å². The van der Waals surface area contributed by atoms with E-state index in [4.69, 9.17) is 0 Å². The molecule has 0 unspecified atom stereocenters. The number of rotatable bonds is 8. The van der Waals surface area contributed by atoms with Gasteiger partial charge in [0.05, 0.1) is 18.5 Å². The molecule has 4 aromatic rings. The van der Waals surface area contributed by atoms with Crippen molar-refractivity contribution in [3.05, 3.63) is 54.4 Å². The molecule has 0 radical (unpaired) electrons. The highest BCUT2D eigenvalue weighted by Crippen LogP contribution is 2.28. The van der Waals surface area contributed by atoms with Crippen molar-refractivity contribution in [2.45, 2.75) is 58.2 Å². The Morgan fingerprint density at radius 3 is 2.50 bits per heavy atom. The molecule has 0 bridgehead atoms. The van der Waals surface area contributed by atoms with Crippen molar-refractivity contribution in [1.29, 1.82) is 0 Å². The topological polar surface area (TPSA) is 128 Å². The largest absolute Gasteiger partial charge is 0.390 e. The van der Waals surface area contributed by atoms with Gasteiger partial charge in [-0.2, -0.15) is 23.4 Å². The minimum absolute atomic E-state index is 0.0177. The number of ketones is 1. The van der Waals surface area contributed by atoms with Gasteiger partial charge in [0, 0.05) is 55.5 Å². The first-order valence-electron chi connectivity index (χ1n) is 13.0. The van der Waals surface area contributed by atoms with Gasteiger partial charge in [-0.1, -0.05) is 6.07 Å². The Kier molecular flexibility index (Phi) is 7.75. The summed E-state index contributed by atoms with van der Waals surface area (Å²) in [6.45, 7) is 2.00. The van der Waals surface area contributed by atoms with Gasteiger partial charge in [-0.15, -0.1) is 0 Å². The monoisotopic (exact) mass is 586 g/mol.